The third-order valence-electron chi connectivity index (χ3n) is 3.16. The number of carbonyl (C=O) groups is 1. The smallest absolute Gasteiger partial charge is 0.246 e. The molecule has 0 aliphatic heterocycles. The summed E-state index contributed by atoms with van der Waals surface area (Å²) in [6.45, 7) is 8.91. The quantitative estimate of drug-likeness (QED) is 0.200. The first-order valence-corrected chi connectivity index (χ1v) is 9.02. The molecule has 25 heavy (non-hydrogen) atoms. The van der Waals surface area contributed by atoms with Crippen LogP contribution >= 0.6 is 39.9 Å². The number of halogens is 2. The van der Waals surface area contributed by atoms with Crippen molar-refractivity contribution in [3.8, 4) is 0 Å². The number of anilines is 1. The zero-order valence-electron chi connectivity index (χ0n) is 15.0. The van der Waals surface area contributed by atoms with E-state index < -0.39 is 0 Å². The van der Waals surface area contributed by atoms with Crippen LogP contribution in [0.25, 0.3) is 0 Å². The first kappa shape index (κ1) is 24.1. The molecule has 6 nitrogen and oxygen atoms in total. The van der Waals surface area contributed by atoms with Crippen LogP contribution in [0.5, 0.6) is 0 Å². The fourth-order valence-electron chi connectivity index (χ4n) is 1.94. The fraction of sp³-hybridized carbons (Fsp3) is 0.529. The number of aryl methyl sites for hydroxylation is 1. The Morgan fingerprint density at radius 1 is 1.28 bits per heavy atom. The zero-order valence-corrected chi connectivity index (χ0v) is 18.9. The second kappa shape index (κ2) is 14.3. The number of benzene rings is 1. The van der Waals surface area contributed by atoms with Gasteiger partial charge in [0, 0.05) is 36.5 Å². The molecule has 0 aromatic heterocycles. The number of rotatable bonds is 9. The van der Waals surface area contributed by atoms with E-state index in [-0.39, 0.29) is 36.4 Å². The van der Waals surface area contributed by atoms with Gasteiger partial charge in [-0.2, -0.15) is 0 Å². The number of hydrogen-bond donors (Lipinski definition) is 3. The lowest BCUT2D eigenvalue weighted by molar-refractivity contribution is -0.114. The molecular formula is C17H28BrIN4O2. The number of ether oxygens (including phenoxy) is 1. The SMILES string of the molecule is CCNC(=NCC(=O)Nc1cc(Br)ccc1C)NCCCOCC.I. The number of aliphatic imine (C=N–C) groups is 1. The molecule has 0 radical (unpaired) electrons. The van der Waals surface area contributed by atoms with Gasteiger partial charge in [0.05, 0.1) is 0 Å². The molecule has 1 aromatic carbocycles. The molecule has 0 spiro atoms. The molecule has 0 saturated heterocycles. The van der Waals surface area contributed by atoms with E-state index in [1.54, 1.807) is 0 Å². The molecule has 0 saturated carbocycles. The molecule has 0 aliphatic carbocycles. The summed E-state index contributed by atoms with van der Waals surface area (Å²) in [4.78, 5) is 16.4. The van der Waals surface area contributed by atoms with E-state index in [4.69, 9.17) is 4.74 Å². The van der Waals surface area contributed by atoms with E-state index in [0.717, 1.165) is 41.8 Å². The van der Waals surface area contributed by atoms with Crippen LogP contribution < -0.4 is 16.0 Å². The van der Waals surface area contributed by atoms with Gasteiger partial charge in [0.1, 0.15) is 6.54 Å². The normalized spacial score (nSPS) is 10.8. The molecular weight excluding hydrogens is 499 g/mol. The first-order valence-electron chi connectivity index (χ1n) is 8.22. The van der Waals surface area contributed by atoms with Crippen molar-refractivity contribution in [1.82, 2.24) is 10.6 Å². The molecule has 0 aliphatic rings. The summed E-state index contributed by atoms with van der Waals surface area (Å²) in [7, 11) is 0. The van der Waals surface area contributed by atoms with Crippen molar-refractivity contribution in [2.45, 2.75) is 27.2 Å². The summed E-state index contributed by atoms with van der Waals surface area (Å²) in [6, 6.07) is 5.78. The second-order valence-corrected chi connectivity index (χ2v) is 6.10. The summed E-state index contributed by atoms with van der Waals surface area (Å²) < 4.78 is 6.22. The lowest BCUT2D eigenvalue weighted by Gasteiger charge is -2.12. The molecule has 1 amide bonds. The van der Waals surface area contributed by atoms with Gasteiger partial charge in [0.2, 0.25) is 5.91 Å². The Balaban J connectivity index is 0.00000576. The third-order valence-corrected chi connectivity index (χ3v) is 3.65. The number of amides is 1. The second-order valence-electron chi connectivity index (χ2n) is 5.18. The van der Waals surface area contributed by atoms with Gasteiger partial charge in [-0.1, -0.05) is 22.0 Å². The highest BCUT2D eigenvalue weighted by atomic mass is 127. The minimum atomic E-state index is -0.150. The van der Waals surface area contributed by atoms with Crippen LogP contribution in [0, 0.1) is 6.92 Å². The van der Waals surface area contributed by atoms with Crippen molar-refractivity contribution in [3.05, 3.63) is 28.2 Å². The van der Waals surface area contributed by atoms with Gasteiger partial charge in [-0.25, -0.2) is 4.99 Å². The van der Waals surface area contributed by atoms with Gasteiger partial charge in [-0.3, -0.25) is 4.79 Å². The summed E-state index contributed by atoms with van der Waals surface area (Å²) in [5, 5.41) is 9.20. The van der Waals surface area contributed by atoms with Crippen LogP contribution in [0.15, 0.2) is 27.7 Å². The minimum absolute atomic E-state index is 0. The number of nitrogens with zero attached hydrogens (tertiary/aromatic N) is 1. The number of guanidine groups is 1. The maximum Gasteiger partial charge on any atom is 0.246 e. The van der Waals surface area contributed by atoms with Crippen molar-refractivity contribution in [2.24, 2.45) is 4.99 Å². The molecule has 8 heteroatoms. The molecule has 0 atom stereocenters. The predicted octanol–water partition coefficient (Wildman–Crippen LogP) is 3.30. The predicted molar refractivity (Wildman–Crippen MR) is 118 cm³/mol. The number of carbonyl (C=O) groups excluding carboxylic acids is 1. The molecule has 1 aromatic rings. The highest BCUT2D eigenvalue weighted by Crippen LogP contribution is 2.20. The van der Waals surface area contributed by atoms with E-state index in [1.165, 1.54) is 0 Å². The van der Waals surface area contributed by atoms with Crippen LogP contribution in [0.3, 0.4) is 0 Å². The highest BCUT2D eigenvalue weighted by Gasteiger charge is 2.06. The molecule has 0 unspecified atom stereocenters. The van der Waals surface area contributed by atoms with E-state index in [1.807, 2.05) is 39.0 Å². The standard InChI is InChI=1S/C17H27BrN4O2.HI/c1-4-19-17(20-9-6-10-24-5-2)21-12-16(23)22-15-11-14(18)8-7-13(15)3;/h7-8,11H,4-6,9-10,12H2,1-3H3,(H,22,23)(H2,19,20,21);1H. The average Bonchev–Trinajstić information content (AvgIpc) is 2.55. The maximum atomic E-state index is 12.1. The van der Waals surface area contributed by atoms with Crippen LogP contribution in [-0.4, -0.2) is 44.7 Å². The van der Waals surface area contributed by atoms with Crippen molar-refractivity contribution in [2.75, 3.05) is 38.2 Å². The van der Waals surface area contributed by atoms with Gasteiger partial charge < -0.3 is 20.7 Å². The topological polar surface area (TPSA) is 74.8 Å². The first-order chi connectivity index (χ1) is 11.6. The number of nitrogens with one attached hydrogen (secondary N) is 3. The van der Waals surface area contributed by atoms with Crippen molar-refractivity contribution in [3.63, 3.8) is 0 Å². The molecule has 0 bridgehead atoms. The Labute approximate surface area is 175 Å². The van der Waals surface area contributed by atoms with Crippen LogP contribution in [0.4, 0.5) is 5.69 Å². The van der Waals surface area contributed by atoms with Crippen molar-refractivity contribution in [1.29, 1.82) is 0 Å². The van der Waals surface area contributed by atoms with Crippen LogP contribution in [-0.2, 0) is 9.53 Å². The number of hydrogen-bond acceptors (Lipinski definition) is 3. The Kier molecular flexibility index (Phi) is 13.8. The van der Waals surface area contributed by atoms with Gasteiger partial charge in [-0.05, 0) is 44.9 Å². The Bertz CT molecular complexity index is 555. The summed E-state index contributed by atoms with van der Waals surface area (Å²) in [5.41, 5.74) is 1.80. The maximum absolute atomic E-state index is 12.1. The van der Waals surface area contributed by atoms with Gasteiger partial charge >= 0.3 is 0 Å². The molecule has 0 fully saturated rings. The van der Waals surface area contributed by atoms with Crippen LogP contribution in [0.2, 0.25) is 0 Å². The Morgan fingerprint density at radius 2 is 2.04 bits per heavy atom. The lowest BCUT2D eigenvalue weighted by Crippen LogP contribution is -2.38. The molecule has 0 heterocycles. The van der Waals surface area contributed by atoms with Gasteiger partial charge in [0.15, 0.2) is 5.96 Å². The zero-order chi connectivity index (χ0) is 17.8. The van der Waals surface area contributed by atoms with E-state index >= 15 is 0 Å². The Morgan fingerprint density at radius 3 is 2.72 bits per heavy atom. The van der Waals surface area contributed by atoms with Gasteiger partial charge in [0.25, 0.3) is 0 Å². The third kappa shape index (κ3) is 10.7. The largest absolute Gasteiger partial charge is 0.382 e. The van der Waals surface area contributed by atoms with Crippen molar-refractivity contribution < 1.29 is 9.53 Å². The van der Waals surface area contributed by atoms with Gasteiger partial charge in [-0.15, -0.1) is 24.0 Å². The average molecular weight is 527 g/mol. The van der Waals surface area contributed by atoms with E-state index in [0.29, 0.717) is 12.6 Å². The molecule has 3 N–H and O–H groups in total. The molecule has 1 rings (SSSR count). The fourth-order valence-corrected chi connectivity index (χ4v) is 2.30. The Hall–Kier alpha value is -0.870. The van der Waals surface area contributed by atoms with E-state index in [9.17, 15) is 4.79 Å². The summed E-state index contributed by atoms with van der Waals surface area (Å²) in [5.74, 6) is 0.484. The highest BCUT2D eigenvalue weighted by molar-refractivity contribution is 14.0. The van der Waals surface area contributed by atoms with E-state index in [2.05, 4.69) is 36.9 Å². The monoisotopic (exact) mass is 526 g/mol. The van der Waals surface area contributed by atoms with Crippen LogP contribution in [0.1, 0.15) is 25.8 Å². The summed E-state index contributed by atoms with van der Waals surface area (Å²) >= 11 is 3.41. The molecule has 142 valence electrons. The minimum Gasteiger partial charge on any atom is -0.382 e. The lowest BCUT2D eigenvalue weighted by atomic mass is 10.2. The van der Waals surface area contributed by atoms with Crippen molar-refractivity contribution >= 4 is 57.5 Å². The summed E-state index contributed by atoms with van der Waals surface area (Å²) in [6.07, 6.45) is 0.891.